The Bertz CT molecular complexity index is 808. The third-order valence-electron chi connectivity index (χ3n) is 4.89. The highest BCUT2D eigenvalue weighted by Crippen LogP contribution is 2.14. The van der Waals surface area contributed by atoms with Gasteiger partial charge in [-0.05, 0) is 42.2 Å². The first-order valence-corrected chi connectivity index (χ1v) is 9.64. The number of ketones is 1. The number of carbonyl (C=O) groups is 2. The molecule has 28 heavy (non-hydrogen) atoms. The quantitative estimate of drug-likeness (QED) is 0.574. The van der Waals surface area contributed by atoms with Crippen LogP contribution in [0.25, 0.3) is 6.08 Å². The van der Waals surface area contributed by atoms with E-state index in [9.17, 15) is 14.7 Å². The molecule has 1 heterocycles. The van der Waals surface area contributed by atoms with Crippen LogP contribution in [-0.4, -0.2) is 40.8 Å². The van der Waals surface area contributed by atoms with Crippen LogP contribution >= 0.6 is 0 Å². The zero-order valence-electron chi connectivity index (χ0n) is 15.9. The van der Waals surface area contributed by atoms with Gasteiger partial charge in [-0.25, -0.2) is 0 Å². The molecule has 5 heteroatoms. The Morgan fingerprint density at radius 1 is 1.04 bits per heavy atom. The van der Waals surface area contributed by atoms with E-state index in [0.717, 1.165) is 38.0 Å². The van der Waals surface area contributed by atoms with Crippen LogP contribution < -0.4 is 5.32 Å². The summed E-state index contributed by atoms with van der Waals surface area (Å²) in [6.45, 7) is 2.81. The topological polar surface area (TPSA) is 69.6 Å². The first-order valence-electron chi connectivity index (χ1n) is 9.64. The Balaban J connectivity index is 1.38. The maximum atomic E-state index is 12.1. The average Bonchev–Trinajstić information content (AvgIpc) is 2.70. The van der Waals surface area contributed by atoms with Crippen LogP contribution in [0.2, 0.25) is 0 Å². The molecule has 0 aromatic heterocycles. The van der Waals surface area contributed by atoms with Gasteiger partial charge in [0.1, 0.15) is 5.75 Å². The van der Waals surface area contributed by atoms with Crippen molar-refractivity contribution in [1.29, 1.82) is 0 Å². The van der Waals surface area contributed by atoms with Crippen molar-refractivity contribution in [3.05, 3.63) is 71.8 Å². The van der Waals surface area contributed by atoms with E-state index in [4.69, 9.17) is 0 Å². The Hall–Kier alpha value is -2.92. The molecule has 2 aromatic rings. The molecule has 3 rings (SSSR count). The van der Waals surface area contributed by atoms with Gasteiger partial charge in [-0.3, -0.25) is 14.5 Å². The molecule has 1 aliphatic heterocycles. The zero-order valence-corrected chi connectivity index (χ0v) is 15.9. The van der Waals surface area contributed by atoms with Gasteiger partial charge in [0.25, 0.3) is 0 Å². The van der Waals surface area contributed by atoms with Gasteiger partial charge in [-0.1, -0.05) is 48.5 Å². The third-order valence-corrected chi connectivity index (χ3v) is 4.89. The van der Waals surface area contributed by atoms with Crippen LogP contribution in [0.4, 0.5) is 0 Å². The van der Waals surface area contributed by atoms with Crippen LogP contribution in [0.1, 0.15) is 30.4 Å². The predicted molar refractivity (Wildman–Crippen MR) is 110 cm³/mol. The van der Waals surface area contributed by atoms with E-state index < -0.39 is 0 Å². The summed E-state index contributed by atoms with van der Waals surface area (Å²) in [6, 6.07) is 17.0. The number of phenolic OH excluding ortho intramolecular Hbond substituents is 1. The van der Waals surface area contributed by atoms with Crippen molar-refractivity contribution in [3.63, 3.8) is 0 Å². The van der Waals surface area contributed by atoms with Crippen LogP contribution in [0, 0.1) is 0 Å². The molecule has 5 nitrogen and oxygen atoms in total. The molecule has 1 aliphatic rings. The number of hydrogen-bond acceptors (Lipinski definition) is 4. The van der Waals surface area contributed by atoms with E-state index in [2.05, 4.69) is 34.5 Å². The summed E-state index contributed by atoms with van der Waals surface area (Å²) >= 11 is 0. The van der Waals surface area contributed by atoms with Gasteiger partial charge in [0.05, 0.1) is 6.42 Å². The van der Waals surface area contributed by atoms with Crippen LogP contribution in [0.3, 0.4) is 0 Å². The molecule has 146 valence electrons. The minimum absolute atomic E-state index is 0.133. The highest BCUT2D eigenvalue weighted by Gasteiger charge is 2.21. The Morgan fingerprint density at radius 3 is 2.39 bits per heavy atom. The fourth-order valence-corrected chi connectivity index (χ4v) is 3.35. The maximum absolute atomic E-state index is 12.1. The molecule has 1 saturated heterocycles. The Kier molecular flexibility index (Phi) is 6.98. The number of phenols is 1. The third kappa shape index (κ3) is 6.35. The van der Waals surface area contributed by atoms with Gasteiger partial charge in [-0.2, -0.15) is 0 Å². The molecule has 1 fully saturated rings. The molecule has 0 radical (unpaired) electrons. The maximum Gasteiger partial charge on any atom is 0.228 e. The second-order valence-corrected chi connectivity index (χ2v) is 7.17. The average molecular weight is 378 g/mol. The number of amides is 1. The van der Waals surface area contributed by atoms with E-state index in [1.807, 2.05) is 6.07 Å². The minimum Gasteiger partial charge on any atom is -0.508 e. The van der Waals surface area contributed by atoms with Crippen LogP contribution in [-0.2, 0) is 16.1 Å². The second kappa shape index (κ2) is 9.85. The lowest BCUT2D eigenvalue weighted by molar-refractivity contribution is -0.126. The smallest absolute Gasteiger partial charge is 0.228 e. The molecule has 2 aromatic carbocycles. The molecule has 0 atom stereocenters. The predicted octanol–water partition coefficient (Wildman–Crippen LogP) is 3.15. The van der Waals surface area contributed by atoms with Gasteiger partial charge in [0, 0.05) is 25.7 Å². The second-order valence-electron chi connectivity index (χ2n) is 7.17. The number of allylic oxidation sites excluding steroid dienone is 1. The monoisotopic (exact) mass is 378 g/mol. The van der Waals surface area contributed by atoms with Gasteiger partial charge in [0.2, 0.25) is 5.91 Å². The number of hydrogen-bond donors (Lipinski definition) is 2. The molecule has 0 bridgehead atoms. The highest BCUT2D eigenvalue weighted by molar-refractivity contribution is 6.05. The van der Waals surface area contributed by atoms with Crippen LogP contribution in [0.15, 0.2) is 60.7 Å². The van der Waals surface area contributed by atoms with Crippen molar-refractivity contribution >= 4 is 17.8 Å². The number of piperidine rings is 1. The van der Waals surface area contributed by atoms with Crippen molar-refractivity contribution in [2.24, 2.45) is 0 Å². The normalized spacial score (nSPS) is 15.6. The van der Waals surface area contributed by atoms with E-state index in [1.165, 1.54) is 11.6 Å². The van der Waals surface area contributed by atoms with Crippen molar-refractivity contribution in [1.82, 2.24) is 10.2 Å². The minimum atomic E-state index is -0.230. The molecule has 0 aliphatic carbocycles. The van der Waals surface area contributed by atoms with E-state index in [-0.39, 0.29) is 29.9 Å². The number of benzene rings is 2. The van der Waals surface area contributed by atoms with Crippen LogP contribution in [0.5, 0.6) is 5.75 Å². The molecular weight excluding hydrogens is 352 g/mol. The number of rotatable bonds is 7. The lowest BCUT2D eigenvalue weighted by atomic mass is 10.0. The lowest BCUT2D eigenvalue weighted by Crippen LogP contribution is -2.44. The molecular formula is C23H26N2O3. The zero-order chi connectivity index (χ0) is 19.8. The highest BCUT2D eigenvalue weighted by atomic mass is 16.3. The van der Waals surface area contributed by atoms with Crippen molar-refractivity contribution < 1.29 is 14.7 Å². The van der Waals surface area contributed by atoms with E-state index in [1.54, 1.807) is 30.3 Å². The Labute approximate surface area is 165 Å². The number of aromatic hydroxyl groups is 1. The summed E-state index contributed by atoms with van der Waals surface area (Å²) in [4.78, 5) is 26.5. The van der Waals surface area contributed by atoms with Gasteiger partial charge in [0.15, 0.2) is 5.78 Å². The summed E-state index contributed by atoms with van der Waals surface area (Å²) in [7, 11) is 0. The summed E-state index contributed by atoms with van der Waals surface area (Å²) < 4.78 is 0. The fourth-order valence-electron chi connectivity index (χ4n) is 3.35. The summed E-state index contributed by atoms with van der Waals surface area (Å²) in [6.07, 6.45) is 4.72. The number of carbonyl (C=O) groups excluding carboxylic acids is 2. The molecule has 0 spiro atoms. The molecule has 0 saturated carbocycles. The molecule has 1 amide bonds. The number of likely N-dealkylation sites (tertiary alicyclic amines) is 1. The van der Waals surface area contributed by atoms with Crippen molar-refractivity contribution in [2.75, 3.05) is 13.1 Å². The SMILES string of the molecule is O=C(/C=C/c1ccc(O)cc1)CC(=O)NC1CCN(Cc2ccccc2)CC1. The van der Waals surface area contributed by atoms with Crippen molar-refractivity contribution in [3.8, 4) is 5.75 Å². The summed E-state index contributed by atoms with van der Waals surface area (Å²) in [5, 5.41) is 12.2. The standard InChI is InChI=1S/C23H26N2O3/c26-21-9-6-18(7-10-21)8-11-22(27)16-23(28)24-20-12-14-25(15-13-20)17-19-4-2-1-3-5-19/h1-11,20,26H,12-17H2,(H,24,28)/b11-8+. The number of nitrogens with zero attached hydrogens (tertiary/aromatic N) is 1. The summed E-state index contributed by atoms with van der Waals surface area (Å²) in [5.74, 6) is -0.272. The first kappa shape index (κ1) is 19.8. The van der Waals surface area contributed by atoms with E-state index in [0.29, 0.717) is 0 Å². The molecule has 2 N–H and O–H groups in total. The van der Waals surface area contributed by atoms with Crippen molar-refractivity contribution in [2.45, 2.75) is 31.8 Å². The number of nitrogens with one attached hydrogen (secondary N) is 1. The molecule has 0 unspecified atom stereocenters. The fraction of sp³-hybridized carbons (Fsp3) is 0.304. The van der Waals surface area contributed by atoms with Gasteiger partial charge >= 0.3 is 0 Å². The summed E-state index contributed by atoms with van der Waals surface area (Å²) in [5.41, 5.74) is 2.10. The van der Waals surface area contributed by atoms with Gasteiger partial charge < -0.3 is 10.4 Å². The Morgan fingerprint density at radius 2 is 1.71 bits per heavy atom. The van der Waals surface area contributed by atoms with E-state index >= 15 is 0 Å². The largest absolute Gasteiger partial charge is 0.508 e. The lowest BCUT2D eigenvalue weighted by Gasteiger charge is -2.32. The van der Waals surface area contributed by atoms with Gasteiger partial charge in [-0.15, -0.1) is 0 Å². The first-order chi connectivity index (χ1) is 13.6.